The fourth-order valence-electron chi connectivity index (χ4n) is 3.84. The van der Waals surface area contributed by atoms with Crippen LogP contribution < -0.4 is 15.4 Å². The summed E-state index contributed by atoms with van der Waals surface area (Å²) in [7, 11) is 2.91. The Balaban J connectivity index is 1.32. The van der Waals surface area contributed by atoms with Crippen molar-refractivity contribution in [3.63, 3.8) is 0 Å². The molecule has 2 N–H and O–H groups in total. The Labute approximate surface area is 203 Å². The Hall–Kier alpha value is -3.57. The summed E-state index contributed by atoms with van der Waals surface area (Å²) >= 11 is 0. The van der Waals surface area contributed by atoms with Crippen LogP contribution in [0.2, 0.25) is 0 Å². The van der Waals surface area contributed by atoms with Crippen molar-refractivity contribution < 1.29 is 18.7 Å². The van der Waals surface area contributed by atoms with Gasteiger partial charge < -0.3 is 20.1 Å². The van der Waals surface area contributed by atoms with Crippen LogP contribution in [0.25, 0.3) is 0 Å². The third-order valence-corrected chi connectivity index (χ3v) is 5.85. The number of rotatable bonds is 10. The zero-order valence-corrected chi connectivity index (χ0v) is 20.0. The van der Waals surface area contributed by atoms with E-state index in [-0.39, 0.29) is 11.7 Å². The number of anilines is 2. The first-order valence-electron chi connectivity index (χ1n) is 11.5. The molecule has 1 aliphatic rings. The summed E-state index contributed by atoms with van der Waals surface area (Å²) in [5.74, 6) is -0.268. The summed E-state index contributed by atoms with van der Waals surface area (Å²) in [5, 5.41) is 10.1. The molecule has 0 saturated carbocycles. The van der Waals surface area contributed by atoms with Crippen LogP contribution in [0.1, 0.15) is 21.5 Å². The second-order valence-electron chi connectivity index (χ2n) is 8.22. The highest BCUT2D eigenvalue weighted by molar-refractivity contribution is 5.94. The lowest BCUT2D eigenvalue weighted by atomic mass is 10.0. The van der Waals surface area contributed by atoms with E-state index in [9.17, 15) is 9.18 Å². The lowest BCUT2D eigenvalue weighted by Crippen LogP contribution is -2.38. The average Bonchev–Trinajstić information content (AvgIpc) is 3.35. The summed E-state index contributed by atoms with van der Waals surface area (Å²) in [6, 6.07) is 2.94. The number of nitrogens with one attached hydrogen (secondary N) is 2. The number of nitrogens with zero attached hydrogens (tertiary/aromatic N) is 5. The minimum Gasteiger partial charge on any atom is -0.494 e. The van der Waals surface area contributed by atoms with Crippen molar-refractivity contribution in [3.8, 4) is 5.75 Å². The molecule has 0 bridgehead atoms. The van der Waals surface area contributed by atoms with E-state index in [4.69, 9.17) is 9.47 Å². The zero-order valence-electron chi connectivity index (χ0n) is 20.0. The molecule has 4 rings (SSSR count). The quantitative estimate of drug-likeness (QED) is 0.451. The Kier molecular flexibility index (Phi) is 8.22. The molecule has 10 nitrogen and oxygen atoms in total. The minimum atomic E-state index is -0.468. The molecule has 1 aromatic carbocycles. The topological polar surface area (TPSA) is 106 Å². The van der Waals surface area contributed by atoms with Gasteiger partial charge in [-0.1, -0.05) is 0 Å². The molecule has 1 saturated heterocycles. The maximum absolute atomic E-state index is 14.7. The maximum atomic E-state index is 14.7. The number of hydrogen-bond donors (Lipinski definition) is 2. The highest BCUT2D eigenvalue weighted by Crippen LogP contribution is 2.24. The summed E-state index contributed by atoms with van der Waals surface area (Å²) in [6.45, 7) is 5.19. The van der Waals surface area contributed by atoms with Gasteiger partial charge in [-0.2, -0.15) is 5.10 Å². The van der Waals surface area contributed by atoms with Crippen LogP contribution in [0.15, 0.2) is 36.9 Å². The second-order valence-corrected chi connectivity index (χ2v) is 8.22. The van der Waals surface area contributed by atoms with Gasteiger partial charge in [0.05, 0.1) is 38.8 Å². The van der Waals surface area contributed by atoms with Crippen molar-refractivity contribution in [1.29, 1.82) is 0 Å². The van der Waals surface area contributed by atoms with Crippen LogP contribution in [0.5, 0.6) is 5.75 Å². The van der Waals surface area contributed by atoms with Crippen molar-refractivity contribution >= 4 is 17.5 Å². The van der Waals surface area contributed by atoms with Gasteiger partial charge in [-0.25, -0.2) is 14.4 Å². The van der Waals surface area contributed by atoms with E-state index in [0.29, 0.717) is 29.9 Å². The van der Waals surface area contributed by atoms with Crippen LogP contribution in [0.4, 0.5) is 16.0 Å². The monoisotopic (exact) mass is 483 g/mol. The van der Waals surface area contributed by atoms with Gasteiger partial charge in [0.2, 0.25) is 5.95 Å². The predicted molar refractivity (Wildman–Crippen MR) is 129 cm³/mol. The number of ether oxygens (including phenoxy) is 2. The van der Waals surface area contributed by atoms with Crippen LogP contribution >= 0.6 is 0 Å². The van der Waals surface area contributed by atoms with Gasteiger partial charge in [0.25, 0.3) is 5.91 Å². The van der Waals surface area contributed by atoms with E-state index in [1.165, 1.54) is 20.2 Å². The number of benzene rings is 1. The number of morpholine rings is 1. The summed E-state index contributed by atoms with van der Waals surface area (Å²) in [6.07, 6.45) is 7.96. The fraction of sp³-hybridized carbons (Fsp3) is 0.417. The van der Waals surface area contributed by atoms with Crippen LogP contribution in [0, 0.1) is 5.82 Å². The zero-order chi connectivity index (χ0) is 24.6. The first-order chi connectivity index (χ1) is 17.1. The van der Waals surface area contributed by atoms with Gasteiger partial charge in [0.1, 0.15) is 0 Å². The molecule has 11 heteroatoms. The highest BCUT2D eigenvalue weighted by atomic mass is 19.1. The Morgan fingerprint density at radius 3 is 2.63 bits per heavy atom. The van der Waals surface area contributed by atoms with Gasteiger partial charge in [-0.15, -0.1) is 0 Å². The summed E-state index contributed by atoms with van der Waals surface area (Å²) in [5.41, 5.74) is 2.40. The number of amides is 1. The molecule has 0 unspecified atom stereocenters. The smallest absolute Gasteiger partial charge is 0.251 e. The molecule has 0 radical (unpaired) electrons. The van der Waals surface area contributed by atoms with E-state index in [0.717, 1.165) is 50.6 Å². The van der Waals surface area contributed by atoms with Gasteiger partial charge in [0, 0.05) is 50.8 Å². The molecule has 0 spiro atoms. The van der Waals surface area contributed by atoms with Gasteiger partial charge in [0.15, 0.2) is 11.6 Å². The predicted octanol–water partition coefficient (Wildman–Crippen LogP) is 2.04. The lowest BCUT2D eigenvalue weighted by Gasteiger charge is -2.26. The fourth-order valence-corrected chi connectivity index (χ4v) is 3.84. The molecule has 186 valence electrons. The number of carbonyl (C=O) groups is 1. The van der Waals surface area contributed by atoms with Crippen molar-refractivity contribution in [2.24, 2.45) is 0 Å². The SMILES string of the molecule is CNC(=O)c1cc(CCc2cnc(Nc3cnn(CCN4CCOCC4)c3)nc2)c(F)c(OC)c1. The van der Waals surface area contributed by atoms with E-state index < -0.39 is 5.82 Å². The second kappa shape index (κ2) is 11.7. The number of methoxy groups -OCH3 is 1. The van der Waals surface area contributed by atoms with Crippen LogP contribution in [0.3, 0.4) is 0 Å². The van der Waals surface area contributed by atoms with Crippen molar-refractivity contribution in [1.82, 2.24) is 30.0 Å². The number of aromatic nitrogens is 4. The van der Waals surface area contributed by atoms with E-state index in [1.54, 1.807) is 24.7 Å². The van der Waals surface area contributed by atoms with Crippen LogP contribution in [-0.2, 0) is 24.1 Å². The highest BCUT2D eigenvalue weighted by Gasteiger charge is 2.15. The molecular formula is C24H30FN7O3. The van der Waals surface area contributed by atoms with E-state index in [1.807, 2.05) is 10.9 Å². The standard InChI is InChI=1S/C24H30FN7O3/c1-26-23(33)19-11-18(22(25)21(12-19)34-2)4-3-17-13-27-24(28-14-17)30-20-15-29-32(16-20)6-5-31-7-9-35-10-8-31/h11-16H,3-10H2,1-2H3,(H,26,33)(H,27,28,30). The van der Waals surface area contributed by atoms with Crippen LogP contribution in [-0.4, -0.2) is 77.6 Å². The normalized spacial score (nSPS) is 14.0. The van der Waals surface area contributed by atoms with E-state index in [2.05, 4.69) is 30.6 Å². The van der Waals surface area contributed by atoms with Gasteiger partial charge >= 0.3 is 0 Å². The molecule has 2 aromatic heterocycles. The summed E-state index contributed by atoms with van der Waals surface area (Å²) < 4.78 is 27.0. The van der Waals surface area contributed by atoms with Crippen molar-refractivity contribution in [2.75, 3.05) is 52.3 Å². The third kappa shape index (κ3) is 6.52. The molecule has 35 heavy (non-hydrogen) atoms. The number of hydrogen-bond acceptors (Lipinski definition) is 8. The van der Waals surface area contributed by atoms with Crippen molar-refractivity contribution in [2.45, 2.75) is 19.4 Å². The number of halogens is 1. The molecule has 1 fully saturated rings. The van der Waals surface area contributed by atoms with E-state index >= 15 is 0 Å². The average molecular weight is 484 g/mol. The molecule has 0 aliphatic carbocycles. The minimum absolute atomic E-state index is 0.0439. The Bertz CT molecular complexity index is 1130. The molecule has 3 heterocycles. The van der Waals surface area contributed by atoms with Crippen molar-refractivity contribution in [3.05, 3.63) is 59.4 Å². The Morgan fingerprint density at radius 1 is 1.14 bits per heavy atom. The lowest BCUT2D eigenvalue weighted by molar-refractivity contribution is 0.0360. The summed E-state index contributed by atoms with van der Waals surface area (Å²) in [4.78, 5) is 23.1. The number of aryl methyl sites for hydroxylation is 2. The molecule has 1 amide bonds. The first kappa shape index (κ1) is 24.6. The molecular weight excluding hydrogens is 453 g/mol. The third-order valence-electron chi connectivity index (χ3n) is 5.85. The molecule has 1 aliphatic heterocycles. The number of carbonyl (C=O) groups excluding carboxylic acids is 1. The van der Waals surface area contributed by atoms with Gasteiger partial charge in [-0.3, -0.25) is 14.4 Å². The largest absolute Gasteiger partial charge is 0.494 e. The molecule has 0 atom stereocenters. The molecule has 3 aromatic rings. The van der Waals surface area contributed by atoms with Gasteiger partial charge in [-0.05, 0) is 36.1 Å². The maximum Gasteiger partial charge on any atom is 0.251 e. The Morgan fingerprint density at radius 2 is 1.91 bits per heavy atom. The first-order valence-corrected chi connectivity index (χ1v) is 11.5.